The third-order valence-electron chi connectivity index (χ3n) is 4.83. The van der Waals surface area contributed by atoms with Crippen LogP contribution in [0.25, 0.3) is 0 Å². The average molecular weight is 401 g/mol. The number of carboxylic acids is 1. The van der Waals surface area contributed by atoms with Crippen molar-refractivity contribution >= 4 is 35.2 Å². The van der Waals surface area contributed by atoms with Crippen molar-refractivity contribution in [3.8, 4) is 0 Å². The van der Waals surface area contributed by atoms with Crippen molar-refractivity contribution in [1.82, 2.24) is 4.98 Å². The van der Waals surface area contributed by atoms with Gasteiger partial charge in [0.25, 0.3) is 17.7 Å². The molecule has 0 unspecified atom stereocenters. The summed E-state index contributed by atoms with van der Waals surface area (Å²) >= 11 is 0. The Hall–Kier alpha value is -4.33. The number of carbonyl (C=O) groups is 4. The summed E-state index contributed by atoms with van der Waals surface area (Å²) in [6.45, 7) is 1.49. The minimum Gasteiger partial charge on any atom is -0.478 e. The Balaban J connectivity index is 1.80. The van der Waals surface area contributed by atoms with Crippen LogP contribution in [0.3, 0.4) is 0 Å². The summed E-state index contributed by atoms with van der Waals surface area (Å²) in [5, 5.41) is 12.2. The molecule has 0 aliphatic carbocycles. The molecule has 0 radical (unpaired) electrons. The van der Waals surface area contributed by atoms with Crippen LogP contribution in [0, 0.1) is 6.92 Å². The summed E-state index contributed by atoms with van der Waals surface area (Å²) in [6.07, 6.45) is 1.50. The molecule has 8 nitrogen and oxygen atoms in total. The van der Waals surface area contributed by atoms with Crippen LogP contribution < -0.4 is 10.2 Å². The zero-order valence-corrected chi connectivity index (χ0v) is 15.7. The number of rotatable bonds is 4. The first-order valence-electron chi connectivity index (χ1n) is 8.96. The van der Waals surface area contributed by atoms with Crippen LogP contribution in [0.4, 0.5) is 11.5 Å². The van der Waals surface area contributed by atoms with Crippen molar-refractivity contribution in [3.63, 3.8) is 0 Å². The maximum absolute atomic E-state index is 12.8. The number of nitrogens with one attached hydrogen (secondary N) is 1. The Morgan fingerprint density at radius 1 is 0.933 bits per heavy atom. The highest BCUT2D eigenvalue weighted by Gasteiger charge is 2.37. The van der Waals surface area contributed by atoms with Crippen LogP contribution in [-0.4, -0.2) is 33.8 Å². The van der Waals surface area contributed by atoms with E-state index < -0.39 is 23.7 Å². The molecule has 148 valence electrons. The van der Waals surface area contributed by atoms with Gasteiger partial charge < -0.3 is 10.4 Å². The second-order valence-corrected chi connectivity index (χ2v) is 6.63. The van der Waals surface area contributed by atoms with Crippen molar-refractivity contribution in [3.05, 3.63) is 88.6 Å². The van der Waals surface area contributed by atoms with Gasteiger partial charge in [-0.2, -0.15) is 0 Å². The Morgan fingerprint density at radius 2 is 1.53 bits per heavy atom. The average Bonchev–Trinajstić information content (AvgIpc) is 2.99. The number of benzene rings is 2. The first-order chi connectivity index (χ1) is 14.4. The fourth-order valence-corrected chi connectivity index (χ4v) is 3.33. The van der Waals surface area contributed by atoms with Crippen molar-refractivity contribution < 1.29 is 24.3 Å². The highest BCUT2D eigenvalue weighted by molar-refractivity contribution is 6.34. The smallest absolute Gasteiger partial charge is 0.336 e. The van der Waals surface area contributed by atoms with E-state index in [2.05, 4.69) is 10.3 Å². The van der Waals surface area contributed by atoms with Crippen LogP contribution in [0.15, 0.2) is 60.8 Å². The van der Waals surface area contributed by atoms with Gasteiger partial charge in [-0.25, -0.2) is 14.7 Å². The van der Waals surface area contributed by atoms with Gasteiger partial charge in [0, 0.05) is 11.8 Å². The normalized spacial score (nSPS) is 12.6. The number of hydrogen-bond donors (Lipinski definition) is 2. The number of pyridine rings is 1. The molecule has 0 spiro atoms. The van der Waals surface area contributed by atoms with E-state index in [9.17, 15) is 24.3 Å². The first kappa shape index (κ1) is 19.0. The third kappa shape index (κ3) is 3.10. The molecule has 2 aromatic carbocycles. The molecular formula is C22H15N3O5. The van der Waals surface area contributed by atoms with E-state index in [0.29, 0.717) is 0 Å². The highest BCUT2D eigenvalue weighted by Crippen LogP contribution is 2.31. The SMILES string of the molecule is Cc1c(C(=O)O)cc(N2C(=O)c3ccccc3C2=O)cc1C(=O)Nc1ccccn1. The number of aromatic nitrogens is 1. The molecule has 0 saturated carbocycles. The third-order valence-corrected chi connectivity index (χ3v) is 4.83. The van der Waals surface area contributed by atoms with Crippen molar-refractivity contribution in [2.75, 3.05) is 10.2 Å². The van der Waals surface area contributed by atoms with E-state index in [0.717, 1.165) is 4.90 Å². The number of carbonyl (C=O) groups excluding carboxylic acids is 3. The Morgan fingerprint density at radius 3 is 2.10 bits per heavy atom. The van der Waals surface area contributed by atoms with Crippen molar-refractivity contribution in [1.29, 1.82) is 0 Å². The van der Waals surface area contributed by atoms with Crippen LogP contribution in [0.2, 0.25) is 0 Å². The number of imide groups is 1. The van der Waals surface area contributed by atoms with Crippen LogP contribution in [0.5, 0.6) is 0 Å². The lowest BCUT2D eigenvalue weighted by Crippen LogP contribution is -2.30. The maximum atomic E-state index is 12.8. The number of fused-ring (bicyclic) bond motifs is 1. The molecule has 0 atom stereocenters. The van der Waals surface area contributed by atoms with E-state index in [1.54, 1.807) is 30.3 Å². The molecule has 0 bridgehead atoms. The number of aromatic carboxylic acids is 1. The molecule has 0 saturated heterocycles. The molecule has 1 aliphatic heterocycles. The lowest BCUT2D eigenvalue weighted by molar-refractivity contribution is 0.0695. The standard InChI is InChI=1S/C22H15N3O5/c1-12-16(19(26)24-18-8-4-5-9-23-18)10-13(11-17(12)22(29)30)25-20(27)14-6-2-3-7-15(14)21(25)28/h2-11H,1H3,(H,29,30)(H,23,24,26). The maximum Gasteiger partial charge on any atom is 0.336 e. The fourth-order valence-electron chi connectivity index (χ4n) is 3.33. The predicted octanol–water partition coefficient (Wildman–Crippen LogP) is 3.14. The largest absolute Gasteiger partial charge is 0.478 e. The van der Waals surface area contributed by atoms with E-state index >= 15 is 0 Å². The fraction of sp³-hybridized carbons (Fsp3) is 0.0455. The number of anilines is 2. The van der Waals surface area contributed by atoms with Gasteiger partial charge in [0.05, 0.1) is 22.4 Å². The molecule has 2 heterocycles. The zero-order valence-electron chi connectivity index (χ0n) is 15.7. The van der Waals surface area contributed by atoms with Crippen molar-refractivity contribution in [2.24, 2.45) is 0 Å². The van der Waals surface area contributed by atoms with E-state index in [-0.39, 0.29) is 39.3 Å². The lowest BCUT2D eigenvalue weighted by Gasteiger charge is -2.18. The van der Waals surface area contributed by atoms with Crippen molar-refractivity contribution in [2.45, 2.75) is 6.92 Å². The molecule has 4 rings (SSSR count). The Kier molecular flexibility index (Phi) is 4.59. The molecule has 2 N–H and O–H groups in total. The van der Waals surface area contributed by atoms with Crippen LogP contribution >= 0.6 is 0 Å². The quantitative estimate of drug-likeness (QED) is 0.649. The molecular weight excluding hydrogens is 386 g/mol. The summed E-state index contributed by atoms with van der Waals surface area (Å²) in [6, 6.07) is 13.8. The summed E-state index contributed by atoms with van der Waals surface area (Å²) < 4.78 is 0. The first-order valence-corrected chi connectivity index (χ1v) is 8.96. The summed E-state index contributed by atoms with van der Waals surface area (Å²) in [4.78, 5) is 55.1. The molecule has 3 aromatic rings. The van der Waals surface area contributed by atoms with Gasteiger partial charge in [-0.05, 0) is 48.9 Å². The minimum absolute atomic E-state index is 0.00960. The molecule has 1 aliphatic rings. The second-order valence-electron chi connectivity index (χ2n) is 6.63. The summed E-state index contributed by atoms with van der Waals surface area (Å²) in [5.41, 5.74) is 0.493. The van der Waals surface area contributed by atoms with Crippen LogP contribution in [-0.2, 0) is 0 Å². The topological polar surface area (TPSA) is 117 Å². The van der Waals surface area contributed by atoms with E-state index in [1.165, 1.54) is 37.4 Å². The second kappa shape index (κ2) is 7.25. The molecule has 3 amide bonds. The van der Waals surface area contributed by atoms with Gasteiger partial charge in [-0.1, -0.05) is 18.2 Å². The molecule has 8 heteroatoms. The van der Waals surface area contributed by atoms with E-state index in [4.69, 9.17) is 0 Å². The monoisotopic (exact) mass is 401 g/mol. The number of nitrogens with zero attached hydrogens (tertiary/aromatic N) is 2. The summed E-state index contributed by atoms with van der Waals surface area (Å²) in [5.74, 6) is -2.76. The molecule has 1 aromatic heterocycles. The molecule has 0 fully saturated rings. The Labute approximate surface area is 170 Å². The van der Waals surface area contributed by atoms with Crippen LogP contribution in [0.1, 0.15) is 47.0 Å². The highest BCUT2D eigenvalue weighted by atomic mass is 16.4. The van der Waals surface area contributed by atoms with Gasteiger partial charge in [-0.3, -0.25) is 14.4 Å². The van der Waals surface area contributed by atoms with Gasteiger partial charge in [0.1, 0.15) is 5.82 Å². The van der Waals surface area contributed by atoms with Gasteiger partial charge in [0.2, 0.25) is 0 Å². The predicted molar refractivity (Wildman–Crippen MR) is 108 cm³/mol. The zero-order chi connectivity index (χ0) is 21.4. The number of hydrogen-bond acceptors (Lipinski definition) is 5. The number of carboxylic acid groups (broad SMARTS) is 1. The minimum atomic E-state index is -1.28. The lowest BCUT2D eigenvalue weighted by atomic mass is 9.99. The van der Waals surface area contributed by atoms with Gasteiger partial charge >= 0.3 is 5.97 Å². The number of amides is 3. The summed E-state index contributed by atoms with van der Waals surface area (Å²) in [7, 11) is 0. The molecule has 30 heavy (non-hydrogen) atoms. The van der Waals surface area contributed by atoms with E-state index in [1.807, 2.05) is 0 Å². The Bertz CT molecular complexity index is 1190. The van der Waals surface area contributed by atoms with Gasteiger partial charge in [0.15, 0.2) is 0 Å². The van der Waals surface area contributed by atoms with Gasteiger partial charge in [-0.15, -0.1) is 0 Å².